The van der Waals surface area contributed by atoms with Crippen LogP contribution >= 0.6 is 0 Å². The summed E-state index contributed by atoms with van der Waals surface area (Å²) in [6, 6.07) is 10.7. The molecule has 1 aromatic heterocycles. The van der Waals surface area contributed by atoms with E-state index in [2.05, 4.69) is 26.0 Å². The van der Waals surface area contributed by atoms with Gasteiger partial charge in [0.15, 0.2) is 0 Å². The normalized spacial score (nSPS) is 32.6. The van der Waals surface area contributed by atoms with Gasteiger partial charge in [0.1, 0.15) is 11.3 Å². The first-order chi connectivity index (χ1) is 8.15. The highest BCUT2D eigenvalue weighted by Gasteiger charge is 2.50. The Kier molecular flexibility index (Phi) is 2.30. The van der Waals surface area contributed by atoms with Gasteiger partial charge in [-0.25, -0.2) is 0 Å². The summed E-state index contributed by atoms with van der Waals surface area (Å²) in [6.07, 6.45) is 2.15. The first-order valence-corrected chi connectivity index (χ1v) is 6.39. The maximum absolute atomic E-state index is 6.15. The number of hydrogen-bond donors (Lipinski definition) is 1. The molecule has 3 rings (SSSR count). The van der Waals surface area contributed by atoms with Gasteiger partial charge in [-0.15, -0.1) is 0 Å². The van der Waals surface area contributed by atoms with Crippen LogP contribution in [0.4, 0.5) is 0 Å². The van der Waals surface area contributed by atoms with E-state index in [9.17, 15) is 0 Å². The van der Waals surface area contributed by atoms with Crippen molar-refractivity contribution in [3.8, 4) is 0 Å². The molecule has 0 amide bonds. The molecule has 3 atom stereocenters. The van der Waals surface area contributed by atoms with Crippen LogP contribution in [-0.4, -0.2) is 6.04 Å². The van der Waals surface area contributed by atoms with Crippen molar-refractivity contribution < 1.29 is 4.42 Å². The summed E-state index contributed by atoms with van der Waals surface area (Å²) in [4.78, 5) is 0. The standard InChI is InChI=1S/C15H19NO/c1-3-15(2)11(9-14(15)16)13-8-10-6-4-5-7-12(10)17-13/h4-8,11,14H,3,9,16H2,1-2H3. The van der Waals surface area contributed by atoms with Crippen molar-refractivity contribution in [2.75, 3.05) is 0 Å². The number of nitrogens with two attached hydrogens (primary N) is 1. The van der Waals surface area contributed by atoms with Crippen molar-refractivity contribution in [2.45, 2.75) is 38.6 Å². The first kappa shape index (κ1) is 10.8. The molecule has 1 fully saturated rings. The van der Waals surface area contributed by atoms with E-state index in [1.807, 2.05) is 18.2 Å². The lowest BCUT2D eigenvalue weighted by molar-refractivity contribution is 0.0575. The molecule has 1 aliphatic carbocycles. The maximum Gasteiger partial charge on any atom is 0.134 e. The highest BCUT2D eigenvalue weighted by Crippen LogP contribution is 2.54. The molecule has 90 valence electrons. The fourth-order valence-corrected chi connectivity index (χ4v) is 3.01. The second kappa shape index (κ2) is 3.61. The topological polar surface area (TPSA) is 39.2 Å². The molecule has 1 aliphatic rings. The van der Waals surface area contributed by atoms with Gasteiger partial charge in [-0.2, -0.15) is 0 Å². The van der Waals surface area contributed by atoms with E-state index in [0.717, 1.165) is 24.2 Å². The molecule has 2 nitrogen and oxygen atoms in total. The van der Waals surface area contributed by atoms with Gasteiger partial charge in [0.05, 0.1) is 0 Å². The third-order valence-corrected chi connectivity index (χ3v) is 4.68. The van der Waals surface area contributed by atoms with Crippen LogP contribution in [0.2, 0.25) is 0 Å². The molecular formula is C15H19NO. The zero-order valence-corrected chi connectivity index (χ0v) is 10.4. The second-order valence-corrected chi connectivity index (χ2v) is 5.44. The number of para-hydroxylation sites is 1. The summed E-state index contributed by atoms with van der Waals surface area (Å²) in [5, 5.41) is 1.20. The summed E-state index contributed by atoms with van der Waals surface area (Å²) >= 11 is 0. The average molecular weight is 229 g/mol. The Morgan fingerprint density at radius 1 is 1.41 bits per heavy atom. The van der Waals surface area contributed by atoms with Gasteiger partial charge < -0.3 is 10.2 Å². The molecule has 17 heavy (non-hydrogen) atoms. The minimum absolute atomic E-state index is 0.202. The number of benzene rings is 1. The summed E-state index contributed by atoms with van der Waals surface area (Å²) in [5.74, 6) is 1.59. The van der Waals surface area contributed by atoms with E-state index in [-0.39, 0.29) is 5.41 Å². The van der Waals surface area contributed by atoms with Crippen molar-refractivity contribution in [1.29, 1.82) is 0 Å². The smallest absolute Gasteiger partial charge is 0.134 e. The monoisotopic (exact) mass is 229 g/mol. The lowest BCUT2D eigenvalue weighted by Crippen LogP contribution is -2.54. The van der Waals surface area contributed by atoms with E-state index in [4.69, 9.17) is 10.2 Å². The van der Waals surface area contributed by atoms with Crippen LogP contribution in [0.3, 0.4) is 0 Å². The largest absolute Gasteiger partial charge is 0.461 e. The molecule has 0 saturated heterocycles. The lowest BCUT2D eigenvalue weighted by Gasteiger charge is -2.51. The summed E-state index contributed by atoms with van der Waals surface area (Å²) in [7, 11) is 0. The minimum Gasteiger partial charge on any atom is -0.461 e. The van der Waals surface area contributed by atoms with Gasteiger partial charge in [-0.1, -0.05) is 32.0 Å². The van der Waals surface area contributed by atoms with Crippen LogP contribution in [0.1, 0.15) is 38.4 Å². The van der Waals surface area contributed by atoms with E-state index in [1.165, 1.54) is 5.39 Å². The number of hydrogen-bond acceptors (Lipinski definition) is 2. The Bertz CT molecular complexity index is 512. The Hall–Kier alpha value is -1.28. The lowest BCUT2D eigenvalue weighted by atomic mass is 9.55. The Labute approximate surface area is 102 Å². The van der Waals surface area contributed by atoms with Crippen molar-refractivity contribution in [2.24, 2.45) is 11.1 Å². The molecule has 0 aliphatic heterocycles. The molecule has 2 N–H and O–H groups in total. The highest BCUT2D eigenvalue weighted by atomic mass is 16.3. The summed E-state index contributed by atoms with van der Waals surface area (Å²) in [5.41, 5.74) is 7.34. The Balaban J connectivity index is 2.00. The predicted molar refractivity (Wildman–Crippen MR) is 69.9 cm³/mol. The quantitative estimate of drug-likeness (QED) is 0.853. The summed E-state index contributed by atoms with van der Waals surface area (Å²) in [6.45, 7) is 4.49. The minimum atomic E-state index is 0.202. The SMILES string of the molecule is CCC1(C)C(N)CC1c1cc2ccccc2o1. The van der Waals surface area contributed by atoms with Crippen LogP contribution in [0.15, 0.2) is 34.7 Å². The summed E-state index contributed by atoms with van der Waals surface area (Å²) < 4.78 is 5.96. The van der Waals surface area contributed by atoms with Gasteiger partial charge in [0.25, 0.3) is 0 Å². The molecule has 1 heterocycles. The second-order valence-electron chi connectivity index (χ2n) is 5.44. The van der Waals surface area contributed by atoms with Crippen LogP contribution < -0.4 is 5.73 Å². The molecule has 1 aromatic carbocycles. The van der Waals surface area contributed by atoms with Crippen LogP contribution in [0.5, 0.6) is 0 Å². The van der Waals surface area contributed by atoms with Crippen LogP contribution in [0, 0.1) is 5.41 Å². The molecule has 3 unspecified atom stereocenters. The molecule has 2 aromatic rings. The molecular weight excluding hydrogens is 210 g/mol. The van der Waals surface area contributed by atoms with E-state index in [1.54, 1.807) is 0 Å². The van der Waals surface area contributed by atoms with Gasteiger partial charge in [-0.3, -0.25) is 0 Å². The van der Waals surface area contributed by atoms with Crippen molar-refractivity contribution >= 4 is 11.0 Å². The van der Waals surface area contributed by atoms with Crippen LogP contribution in [0.25, 0.3) is 11.0 Å². The zero-order valence-electron chi connectivity index (χ0n) is 10.4. The van der Waals surface area contributed by atoms with E-state index < -0.39 is 0 Å². The van der Waals surface area contributed by atoms with E-state index >= 15 is 0 Å². The third-order valence-electron chi connectivity index (χ3n) is 4.68. The van der Waals surface area contributed by atoms with Gasteiger partial charge in [0, 0.05) is 17.3 Å². The molecule has 2 heteroatoms. The molecule has 0 bridgehead atoms. The van der Waals surface area contributed by atoms with Crippen molar-refractivity contribution in [3.05, 3.63) is 36.1 Å². The van der Waals surface area contributed by atoms with Gasteiger partial charge >= 0.3 is 0 Å². The zero-order chi connectivity index (χ0) is 12.0. The number of rotatable bonds is 2. The Morgan fingerprint density at radius 2 is 2.18 bits per heavy atom. The number of furan rings is 1. The van der Waals surface area contributed by atoms with Gasteiger partial charge in [-0.05, 0) is 30.4 Å². The molecule has 1 saturated carbocycles. The molecule has 0 spiro atoms. The predicted octanol–water partition coefficient (Wildman–Crippen LogP) is 3.66. The van der Waals surface area contributed by atoms with E-state index in [0.29, 0.717) is 12.0 Å². The first-order valence-electron chi connectivity index (χ1n) is 6.39. The molecule has 0 radical (unpaired) electrons. The van der Waals surface area contributed by atoms with Crippen LogP contribution in [-0.2, 0) is 0 Å². The Morgan fingerprint density at radius 3 is 2.82 bits per heavy atom. The fourth-order valence-electron chi connectivity index (χ4n) is 3.01. The highest BCUT2D eigenvalue weighted by molar-refractivity contribution is 5.77. The average Bonchev–Trinajstić information content (AvgIpc) is 2.77. The van der Waals surface area contributed by atoms with Crippen molar-refractivity contribution in [1.82, 2.24) is 0 Å². The van der Waals surface area contributed by atoms with Gasteiger partial charge in [0.2, 0.25) is 0 Å². The number of fused-ring (bicyclic) bond motifs is 1. The third kappa shape index (κ3) is 1.44. The fraction of sp³-hybridized carbons (Fsp3) is 0.467. The van der Waals surface area contributed by atoms with Crippen molar-refractivity contribution in [3.63, 3.8) is 0 Å². The maximum atomic E-state index is 6.15.